The lowest BCUT2D eigenvalue weighted by molar-refractivity contribution is 0.0947. The molecule has 2 aromatic heterocycles. The predicted octanol–water partition coefficient (Wildman–Crippen LogP) is -0.298. The average Bonchev–Trinajstić information content (AvgIpc) is 3.17. The normalized spacial score (nSPS) is 11.0. The van der Waals surface area contributed by atoms with Gasteiger partial charge in [-0.3, -0.25) is 4.79 Å². The van der Waals surface area contributed by atoms with E-state index in [1.165, 1.54) is 18.5 Å². The van der Waals surface area contributed by atoms with Gasteiger partial charge in [0.2, 0.25) is 11.6 Å². The van der Waals surface area contributed by atoms with Crippen molar-refractivity contribution in [2.45, 2.75) is 0 Å². The van der Waals surface area contributed by atoms with E-state index >= 15 is 0 Å². The number of aromatic hydroxyl groups is 1. The molecule has 0 unspecified atom stereocenters. The molecule has 0 aliphatic rings. The molecule has 11 heteroatoms. The van der Waals surface area contributed by atoms with E-state index in [1.807, 2.05) is 0 Å². The number of hydrogen-bond donors (Lipinski definition) is 3. The fourth-order valence-corrected chi connectivity index (χ4v) is 1.70. The summed E-state index contributed by atoms with van der Waals surface area (Å²) in [7, 11) is 0. The number of hydrazone groups is 1. The molecule has 0 aliphatic heterocycles. The lowest BCUT2D eigenvalue weighted by atomic mass is 10.2. The number of hydrogen-bond acceptors (Lipinski definition) is 9. The molecule has 0 radical (unpaired) electrons. The minimum absolute atomic E-state index is 0.0295. The Morgan fingerprint density at radius 3 is 2.96 bits per heavy atom. The fraction of sp³-hybridized carbons (Fsp3) is 0. The molecule has 23 heavy (non-hydrogen) atoms. The van der Waals surface area contributed by atoms with Crippen molar-refractivity contribution in [1.29, 1.82) is 0 Å². The molecule has 0 spiro atoms. The highest BCUT2D eigenvalue weighted by molar-refractivity contribution is 5.93. The molecule has 11 nitrogen and oxygen atoms in total. The maximum atomic E-state index is 12.1. The van der Waals surface area contributed by atoms with Crippen molar-refractivity contribution in [3.63, 3.8) is 0 Å². The zero-order valence-electron chi connectivity index (χ0n) is 11.5. The van der Waals surface area contributed by atoms with Crippen molar-refractivity contribution in [3.05, 3.63) is 41.7 Å². The second-order valence-electron chi connectivity index (χ2n) is 4.26. The summed E-state index contributed by atoms with van der Waals surface area (Å²) in [5.41, 5.74) is 8.31. The van der Waals surface area contributed by atoms with Crippen LogP contribution in [0.1, 0.15) is 16.1 Å². The number of anilines is 1. The molecule has 1 aromatic carbocycles. The Bertz CT molecular complexity index is 869. The van der Waals surface area contributed by atoms with Gasteiger partial charge in [0.1, 0.15) is 5.75 Å². The van der Waals surface area contributed by atoms with E-state index in [2.05, 4.69) is 35.8 Å². The first kappa shape index (κ1) is 14.2. The van der Waals surface area contributed by atoms with Gasteiger partial charge in [0.15, 0.2) is 5.69 Å². The van der Waals surface area contributed by atoms with Crippen LogP contribution in [0.25, 0.3) is 5.82 Å². The SMILES string of the molecule is Nc1nonc1-n1nncc1C(=O)N/N=C/c1ccccc1O. The number of carbonyl (C=O) groups excluding carboxylic acids is 1. The number of nitrogen functional groups attached to an aromatic ring is 1. The highest BCUT2D eigenvalue weighted by atomic mass is 16.6. The van der Waals surface area contributed by atoms with Gasteiger partial charge in [-0.25, -0.2) is 10.1 Å². The number of carbonyl (C=O) groups is 1. The molecule has 0 atom stereocenters. The number of phenolic OH excluding ortho intramolecular Hbond substituents is 1. The Labute approximate surface area is 128 Å². The Morgan fingerprint density at radius 1 is 1.39 bits per heavy atom. The van der Waals surface area contributed by atoms with Crippen molar-refractivity contribution < 1.29 is 14.5 Å². The Balaban J connectivity index is 1.77. The number of nitrogens with two attached hydrogens (primary N) is 1. The van der Waals surface area contributed by atoms with Crippen molar-refractivity contribution in [1.82, 2.24) is 30.7 Å². The molecule has 0 saturated heterocycles. The fourth-order valence-electron chi connectivity index (χ4n) is 1.70. The van der Waals surface area contributed by atoms with Gasteiger partial charge in [-0.05, 0) is 22.4 Å². The van der Waals surface area contributed by atoms with Gasteiger partial charge >= 0.3 is 0 Å². The van der Waals surface area contributed by atoms with Gasteiger partial charge < -0.3 is 10.8 Å². The molecule has 1 amide bonds. The predicted molar refractivity (Wildman–Crippen MR) is 76.8 cm³/mol. The van der Waals surface area contributed by atoms with E-state index in [-0.39, 0.29) is 23.1 Å². The van der Waals surface area contributed by atoms with Crippen molar-refractivity contribution >= 4 is 17.9 Å². The zero-order valence-corrected chi connectivity index (χ0v) is 11.5. The van der Waals surface area contributed by atoms with Crippen molar-refractivity contribution in [2.24, 2.45) is 5.10 Å². The standard InChI is InChI=1S/C12H10N8O3/c13-10-11(18-23-17-10)20-8(6-15-19-20)12(22)16-14-5-7-3-1-2-4-9(7)21/h1-6,21H,(H2,13,17)(H,16,22)/b14-5+. The third-order valence-corrected chi connectivity index (χ3v) is 2.78. The van der Waals surface area contributed by atoms with Crippen LogP contribution in [-0.2, 0) is 0 Å². The second kappa shape index (κ2) is 5.93. The summed E-state index contributed by atoms with van der Waals surface area (Å²) in [5, 5.41) is 27.6. The quantitative estimate of drug-likeness (QED) is 0.437. The largest absolute Gasteiger partial charge is 0.507 e. The molecule has 0 bridgehead atoms. The molecule has 0 fully saturated rings. The van der Waals surface area contributed by atoms with E-state index in [0.717, 1.165) is 4.68 Å². The highest BCUT2D eigenvalue weighted by Gasteiger charge is 2.19. The number of benzene rings is 1. The molecule has 4 N–H and O–H groups in total. The van der Waals surface area contributed by atoms with Crippen LogP contribution in [0, 0.1) is 0 Å². The number of phenols is 1. The Hall–Kier alpha value is -3.76. The average molecular weight is 314 g/mol. The van der Waals surface area contributed by atoms with E-state index in [1.54, 1.807) is 18.2 Å². The summed E-state index contributed by atoms with van der Waals surface area (Å²) < 4.78 is 5.52. The van der Waals surface area contributed by atoms with E-state index in [4.69, 9.17) is 5.73 Å². The monoisotopic (exact) mass is 314 g/mol. The zero-order chi connectivity index (χ0) is 16.2. The van der Waals surface area contributed by atoms with Crippen LogP contribution < -0.4 is 11.2 Å². The van der Waals surface area contributed by atoms with Crippen LogP contribution in [0.5, 0.6) is 5.75 Å². The first-order valence-electron chi connectivity index (χ1n) is 6.27. The van der Waals surface area contributed by atoms with E-state index < -0.39 is 5.91 Å². The minimum atomic E-state index is -0.607. The maximum absolute atomic E-state index is 12.1. The molecule has 0 saturated carbocycles. The van der Waals surface area contributed by atoms with Gasteiger partial charge in [0.05, 0.1) is 12.4 Å². The molecular weight excluding hydrogens is 304 g/mol. The number of aromatic nitrogens is 5. The first-order chi connectivity index (χ1) is 11.2. The molecule has 3 aromatic rings. The summed E-state index contributed by atoms with van der Waals surface area (Å²) in [6.45, 7) is 0. The molecule has 0 aliphatic carbocycles. The number of rotatable bonds is 4. The van der Waals surface area contributed by atoms with Gasteiger partial charge in [-0.15, -0.1) is 5.10 Å². The topological polar surface area (TPSA) is 157 Å². The summed E-state index contributed by atoms with van der Waals surface area (Å²) in [4.78, 5) is 12.1. The third kappa shape index (κ3) is 2.83. The van der Waals surface area contributed by atoms with Crippen LogP contribution in [0.15, 0.2) is 40.2 Å². The van der Waals surface area contributed by atoms with Crippen LogP contribution in [0.2, 0.25) is 0 Å². The summed E-state index contributed by atoms with van der Waals surface area (Å²) >= 11 is 0. The summed E-state index contributed by atoms with van der Waals surface area (Å²) in [6.07, 6.45) is 2.51. The minimum Gasteiger partial charge on any atom is -0.507 e. The van der Waals surface area contributed by atoms with Gasteiger partial charge in [-0.1, -0.05) is 17.3 Å². The summed E-state index contributed by atoms with van der Waals surface area (Å²) in [5.74, 6) is -0.567. The maximum Gasteiger partial charge on any atom is 0.291 e. The van der Waals surface area contributed by atoms with E-state index in [0.29, 0.717) is 5.56 Å². The van der Waals surface area contributed by atoms with Crippen LogP contribution in [0.4, 0.5) is 5.82 Å². The summed E-state index contributed by atoms with van der Waals surface area (Å²) in [6, 6.07) is 6.54. The Morgan fingerprint density at radius 2 is 2.22 bits per heavy atom. The number of para-hydroxylation sites is 1. The number of nitrogens with one attached hydrogen (secondary N) is 1. The number of nitrogens with zero attached hydrogens (tertiary/aromatic N) is 6. The highest BCUT2D eigenvalue weighted by Crippen LogP contribution is 2.13. The molecule has 2 heterocycles. The van der Waals surface area contributed by atoms with Crippen molar-refractivity contribution in [3.8, 4) is 11.6 Å². The van der Waals surface area contributed by atoms with Gasteiger partial charge in [0.25, 0.3) is 5.91 Å². The second-order valence-corrected chi connectivity index (χ2v) is 4.26. The van der Waals surface area contributed by atoms with Gasteiger partial charge in [-0.2, -0.15) is 9.78 Å². The van der Waals surface area contributed by atoms with Crippen LogP contribution in [-0.4, -0.2) is 42.5 Å². The van der Waals surface area contributed by atoms with Crippen LogP contribution in [0.3, 0.4) is 0 Å². The van der Waals surface area contributed by atoms with Gasteiger partial charge in [0, 0.05) is 5.56 Å². The number of amides is 1. The first-order valence-corrected chi connectivity index (χ1v) is 6.27. The molecular formula is C12H10N8O3. The van der Waals surface area contributed by atoms with Crippen LogP contribution >= 0.6 is 0 Å². The lowest BCUT2D eigenvalue weighted by Crippen LogP contribution is -2.21. The van der Waals surface area contributed by atoms with Crippen molar-refractivity contribution in [2.75, 3.05) is 5.73 Å². The Kier molecular flexibility index (Phi) is 3.66. The third-order valence-electron chi connectivity index (χ3n) is 2.78. The molecule has 3 rings (SSSR count). The molecule has 116 valence electrons. The van der Waals surface area contributed by atoms with E-state index in [9.17, 15) is 9.90 Å². The lowest BCUT2D eigenvalue weighted by Gasteiger charge is -2.01. The smallest absolute Gasteiger partial charge is 0.291 e.